The number of amides is 1. The molecular formula is C16H17Br3N4O. The van der Waals surface area contributed by atoms with Gasteiger partial charge in [-0.2, -0.15) is 0 Å². The lowest BCUT2D eigenvalue weighted by molar-refractivity contribution is 0.0914. The quantitative estimate of drug-likeness (QED) is 0.593. The summed E-state index contributed by atoms with van der Waals surface area (Å²) >= 11 is 10.9. The maximum Gasteiger partial charge on any atom is 0.287 e. The SMILES string of the molecule is O=C(NC1CCNCC1)c1nc2c(Br)c(Br)c(Br)c3c2n1CCC3. The lowest BCUT2D eigenvalue weighted by Crippen LogP contribution is -2.43. The molecule has 128 valence electrons. The van der Waals surface area contributed by atoms with E-state index >= 15 is 0 Å². The maximum absolute atomic E-state index is 12.8. The fourth-order valence-corrected chi connectivity index (χ4v) is 5.35. The highest BCUT2D eigenvalue weighted by atomic mass is 79.9. The third-order valence-electron chi connectivity index (χ3n) is 4.80. The van der Waals surface area contributed by atoms with Crippen LogP contribution < -0.4 is 10.6 Å². The first-order chi connectivity index (χ1) is 11.6. The molecule has 0 saturated carbocycles. The molecule has 1 aromatic heterocycles. The van der Waals surface area contributed by atoms with Crippen molar-refractivity contribution in [1.29, 1.82) is 0 Å². The zero-order valence-electron chi connectivity index (χ0n) is 13.0. The Morgan fingerprint density at radius 2 is 1.92 bits per heavy atom. The Balaban J connectivity index is 1.78. The van der Waals surface area contributed by atoms with Crippen molar-refractivity contribution in [3.63, 3.8) is 0 Å². The standard InChI is InChI=1S/C16H17Br3N4O/c17-10-9-2-1-7-23-14(9)13(12(19)11(10)18)22-15(23)16(24)21-8-3-5-20-6-4-8/h8,20H,1-7H2,(H,21,24). The van der Waals surface area contributed by atoms with Gasteiger partial charge in [0.1, 0.15) is 5.52 Å². The molecule has 0 aliphatic carbocycles. The van der Waals surface area contributed by atoms with E-state index < -0.39 is 0 Å². The molecule has 0 atom stereocenters. The fourth-order valence-electron chi connectivity index (χ4n) is 3.60. The Morgan fingerprint density at radius 3 is 2.67 bits per heavy atom. The molecule has 1 aromatic carbocycles. The van der Waals surface area contributed by atoms with Crippen molar-refractivity contribution in [3.8, 4) is 0 Å². The summed E-state index contributed by atoms with van der Waals surface area (Å²) in [6.45, 7) is 2.74. The number of carbonyl (C=O) groups excluding carboxylic acids is 1. The molecule has 0 radical (unpaired) electrons. The zero-order valence-corrected chi connectivity index (χ0v) is 17.7. The molecule has 2 aromatic rings. The Morgan fingerprint density at radius 1 is 1.17 bits per heavy atom. The van der Waals surface area contributed by atoms with Crippen LogP contribution in [0.1, 0.15) is 35.4 Å². The minimum atomic E-state index is -0.0647. The molecule has 1 saturated heterocycles. The molecule has 8 heteroatoms. The second-order valence-corrected chi connectivity index (χ2v) is 8.69. The van der Waals surface area contributed by atoms with Crippen LogP contribution in [-0.2, 0) is 13.0 Å². The number of nitrogens with zero attached hydrogens (tertiary/aromatic N) is 2. The molecule has 0 spiro atoms. The second kappa shape index (κ2) is 6.70. The van der Waals surface area contributed by atoms with Crippen LogP contribution in [0.2, 0.25) is 0 Å². The van der Waals surface area contributed by atoms with E-state index in [2.05, 4.69) is 68.0 Å². The molecule has 3 heterocycles. The lowest BCUT2D eigenvalue weighted by Gasteiger charge is -2.24. The largest absolute Gasteiger partial charge is 0.347 e. The third kappa shape index (κ3) is 2.75. The number of halogens is 3. The minimum absolute atomic E-state index is 0.0647. The highest BCUT2D eigenvalue weighted by Crippen LogP contribution is 2.42. The number of hydrogen-bond donors (Lipinski definition) is 2. The summed E-state index contributed by atoms with van der Waals surface area (Å²) in [6.07, 6.45) is 3.94. The van der Waals surface area contributed by atoms with Crippen LogP contribution in [0.3, 0.4) is 0 Å². The monoisotopic (exact) mass is 518 g/mol. The predicted octanol–water partition coefficient (Wildman–Crippen LogP) is 3.75. The summed E-state index contributed by atoms with van der Waals surface area (Å²) in [4.78, 5) is 17.5. The number of aryl methyl sites for hydroxylation is 2. The van der Waals surface area contributed by atoms with Gasteiger partial charge in [-0.1, -0.05) is 0 Å². The van der Waals surface area contributed by atoms with E-state index in [1.54, 1.807) is 0 Å². The van der Waals surface area contributed by atoms with Gasteiger partial charge < -0.3 is 15.2 Å². The number of piperidine rings is 1. The number of carbonyl (C=O) groups is 1. The second-order valence-electron chi connectivity index (χ2n) is 6.31. The van der Waals surface area contributed by atoms with Crippen LogP contribution in [0.5, 0.6) is 0 Å². The summed E-state index contributed by atoms with van der Waals surface area (Å²) < 4.78 is 4.98. The van der Waals surface area contributed by atoms with Crippen LogP contribution >= 0.6 is 47.8 Å². The van der Waals surface area contributed by atoms with Crippen molar-refractivity contribution in [2.24, 2.45) is 0 Å². The number of hydrogen-bond acceptors (Lipinski definition) is 3. The molecule has 24 heavy (non-hydrogen) atoms. The van der Waals surface area contributed by atoms with Gasteiger partial charge in [-0.15, -0.1) is 0 Å². The van der Waals surface area contributed by atoms with Gasteiger partial charge in [0.05, 0.1) is 9.99 Å². The van der Waals surface area contributed by atoms with Crippen molar-refractivity contribution in [1.82, 2.24) is 20.2 Å². The van der Waals surface area contributed by atoms with Crippen molar-refractivity contribution in [2.45, 2.75) is 38.3 Å². The highest BCUT2D eigenvalue weighted by molar-refractivity contribution is 9.14. The Hall–Kier alpha value is -0.440. The Labute approximate surface area is 165 Å². The fraction of sp³-hybridized carbons (Fsp3) is 0.500. The topological polar surface area (TPSA) is 59.0 Å². The van der Waals surface area contributed by atoms with Crippen LogP contribution in [0.4, 0.5) is 0 Å². The van der Waals surface area contributed by atoms with Crippen molar-refractivity contribution in [2.75, 3.05) is 13.1 Å². The van der Waals surface area contributed by atoms with Crippen molar-refractivity contribution in [3.05, 3.63) is 24.8 Å². The third-order valence-corrected chi connectivity index (χ3v) is 8.30. The molecule has 5 nitrogen and oxygen atoms in total. The average Bonchev–Trinajstić information content (AvgIpc) is 2.99. The summed E-state index contributed by atoms with van der Waals surface area (Å²) in [5.74, 6) is 0.459. The first-order valence-electron chi connectivity index (χ1n) is 8.15. The smallest absolute Gasteiger partial charge is 0.287 e. The average molecular weight is 521 g/mol. The summed E-state index contributed by atoms with van der Waals surface area (Å²) in [5.41, 5.74) is 3.15. The highest BCUT2D eigenvalue weighted by Gasteiger charge is 2.28. The zero-order chi connectivity index (χ0) is 16.8. The number of rotatable bonds is 2. The first-order valence-corrected chi connectivity index (χ1v) is 10.5. The summed E-state index contributed by atoms with van der Waals surface area (Å²) in [5, 5.41) is 6.48. The number of aromatic nitrogens is 2. The molecule has 2 aliphatic rings. The van der Waals surface area contributed by atoms with Crippen LogP contribution in [-0.4, -0.2) is 34.6 Å². The van der Waals surface area contributed by atoms with Gasteiger partial charge in [0.25, 0.3) is 5.91 Å². The first kappa shape index (κ1) is 17.0. The van der Waals surface area contributed by atoms with Crippen molar-refractivity contribution >= 4 is 64.7 Å². The normalized spacial score (nSPS) is 18.1. The molecule has 1 fully saturated rings. The van der Waals surface area contributed by atoms with Crippen molar-refractivity contribution < 1.29 is 4.79 Å². The number of imidazole rings is 1. The predicted molar refractivity (Wildman–Crippen MR) is 105 cm³/mol. The number of nitrogens with one attached hydrogen (secondary N) is 2. The molecule has 1 amide bonds. The lowest BCUT2D eigenvalue weighted by atomic mass is 10.0. The van der Waals surface area contributed by atoms with E-state index in [1.165, 1.54) is 5.56 Å². The van der Waals surface area contributed by atoms with Gasteiger partial charge >= 0.3 is 0 Å². The number of benzene rings is 1. The molecule has 0 bridgehead atoms. The summed E-state index contributed by atoms with van der Waals surface area (Å²) in [7, 11) is 0. The van der Waals surface area contributed by atoms with Crippen LogP contribution in [0, 0.1) is 0 Å². The van der Waals surface area contributed by atoms with Gasteiger partial charge in [-0.3, -0.25) is 4.79 Å². The van der Waals surface area contributed by atoms with E-state index in [0.717, 1.165) is 69.8 Å². The van der Waals surface area contributed by atoms with Crippen LogP contribution in [0.15, 0.2) is 13.4 Å². The van der Waals surface area contributed by atoms with Gasteiger partial charge in [0.15, 0.2) is 5.82 Å². The molecule has 4 rings (SSSR count). The summed E-state index contributed by atoms with van der Waals surface area (Å²) in [6, 6.07) is 0.233. The Bertz CT molecular complexity index is 827. The van der Waals surface area contributed by atoms with E-state index in [-0.39, 0.29) is 11.9 Å². The van der Waals surface area contributed by atoms with Gasteiger partial charge in [0, 0.05) is 21.5 Å². The Kier molecular flexibility index (Phi) is 4.75. The van der Waals surface area contributed by atoms with Gasteiger partial charge in [-0.25, -0.2) is 4.98 Å². The molecule has 0 unspecified atom stereocenters. The van der Waals surface area contributed by atoms with E-state index in [0.29, 0.717) is 5.82 Å². The molecular weight excluding hydrogens is 504 g/mol. The minimum Gasteiger partial charge on any atom is -0.347 e. The molecule has 2 N–H and O–H groups in total. The van der Waals surface area contributed by atoms with Crippen LogP contribution in [0.25, 0.3) is 11.0 Å². The van der Waals surface area contributed by atoms with Gasteiger partial charge in [0.2, 0.25) is 0 Å². The van der Waals surface area contributed by atoms with E-state index in [9.17, 15) is 4.79 Å². The maximum atomic E-state index is 12.8. The van der Waals surface area contributed by atoms with E-state index in [1.807, 2.05) is 0 Å². The van der Waals surface area contributed by atoms with E-state index in [4.69, 9.17) is 0 Å². The molecule has 2 aliphatic heterocycles. The van der Waals surface area contributed by atoms with Gasteiger partial charge in [-0.05, 0) is 92.1 Å².